The highest BCUT2D eigenvalue weighted by atomic mass is 16.5. The van der Waals surface area contributed by atoms with E-state index in [0.29, 0.717) is 12.5 Å². The number of hydrogen-bond donors (Lipinski definition) is 2. The molecule has 0 aromatic heterocycles. The number of aliphatic hydroxyl groups is 1. The van der Waals surface area contributed by atoms with Crippen molar-refractivity contribution in [1.29, 1.82) is 0 Å². The number of hydrogen-bond acceptors (Lipinski definition) is 4. The van der Waals surface area contributed by atoms with Gasteiger partial charge in [-0.3, -0.25) is 0 Å². The first-order valence-electron chi connectivity index (χ1n) is 6.65. The predicted octanol–water partition coefficient (Wildman–Crippen LogP) is 2.20. The molecule has 19 heavy (non-hydrogen) atoms. The molecule has 0 spiro atoms. The lowest BCUT2D eigenvalue weighted by Crippen LogP contribution is -2.33. The van der Waals surface area contributed by atoms with Gasteiger partial charge in [-0.2, -0.15) is 0 Å². The van der Waals surface area contributed by atoms with Crippen LogP contribution in [0.5, 0.6) is 11.5 Å². The van der Waals surface area contributed by atoms with Gasteiger partial charge in [0, 0.05) is 24.2 Å². The van der Waals surface area contributed by atoms with Crippen molar-refractivity contribution in [2.24, 2.45) is 5.92 Å². The summed E-state index contributed by atoms with van der Waals surface area (Å²) >= 11 is 0. The van der Waals surface area contributed by atoms with Gasteiger partial charge in [-0.15, -0.1) is 0 Å². The average Bonchev–Trinajstić information content (AvgIpc) is 2.42. The molecule has 0 saturated carbocycles. The van der Waals surface area contributed by atoms with Gasteiger partial charge in [0.05, 0.1) is 20.8 Å². The molecule has 0 amide bonds. The van der Waals surface area contributed by atoms with Crippen molar-refractivity contribution in [1.82, 2.24) is 5.32 Å². The van der Waals surface area contributed by atoms with E-state index in [9.17, 15) is 5.11 Å². The molecule has 0 heterocycles. The van der Waals surface area contributed by atoms with E-state index in [1.165, 1.54) is 0 Å². The molecule has 0 radical (unpaired) electrons. The van der Waals surface area contributed by atoms with E-state index in [1.807, 2.05) is 18.2 Å². The third-order valence-corrected chi connectivity index (χ3v) is 3.05. The predicted molar refractivity (Wildman–Crippen MR) is 76.7 cm³/mol. The van der Waals surface area contributed by atoms with Crippen molar-refractivity contribution in [2.45, 2.75) is 32.9 Å². The van der Waals surface area contributed by atoms with Crippen LogP contribution in [0.2, 0.25) is 0 Å². The normalized spacial score (nSPS) is 12.5. The van der Waals surface area contributed by atoms with Crippen molar-refractivity contribution >= 4 is 0 Å². The lowest BCUT2D eigenvalue weighted by Gasteiger charge is -2.19. The van der Waals surface area contributed by atoms with E-state index in [1.54, 1.807) is 14.2 Å². The quantitative estimate of drug-likeness (QED) is 0.758. The van der Waals surface area contributed by atoms with E-state index in [4.69, 9.17) is 9.47 Å². The fraction of sp³-hybridized carbons (Fsp3) is 0.600. The van der Waals surface area contributed by atoms with Crippen LogP contribution in [0.15, 0.2) is 18.2 Å². The van der Waals surface area contributed by atoms with Crippen LogP contribution < -0.4 is 14.8 Å². The van der Waals surface area contributed by atoms with Gasteiger partial charge in [0.2, 0.25) is 0 Å². The van der Waals surface area contributed by atoms with Crippen LogP contribution >= 0.6 is 0 Å². The van der Waals surface area contributed by atoms with Gasteiger partial charge >= 0.3 is 0 Å². The maximum absolute atomic E-state index is 9.35. The molecule has 0 fully saturated rings. The lowest BCUT2D eigenvalue weighted by molar-refractivity contribution is 0.223. The molecule has 0 aliphatic rings. The first-order chi connectivity index (χ1) is 9.10. The highest BCUT2D eigenvalue weighted by Crippen LogP contribution is 2.24. The standard InChI is InChI=1S/C15H25NO3/c1-11(2)7-13(10-17)16-9-12-5-6-14(18-3)8-15(12)19-4/h5-6,8,11,13,16-17H,7,9-10H2,1-4H3. The van der Waals surface area contributed by atoms with E-state index in [2.05, 4.69) is 19.2 Å². The van der Waals surface area contributed by atoms with E-state index < -0.39 is 0 Å². The van der Waals surface area contributed by atoms with E-state index in [-0.39, 0.29) is 12.6 Å². The van der Waals surface area contributed by atoms with Crippen LogP contribution in [0.4, 0.5) is 0 Å². The Balaban J connectivity index is 2.65. The van der Waals surface area contributed by atoms with Gasteiger partial charge in [0.25, 0.3) is 0 Å². The molecule has 0 aliphatic heterocycles. The van der Waals surface area contributed by atoms with Crippen molar-refractivity contribution < 1.29 is 14.6 Å². The Hall–Kier alpha value is -1.26. The SMILES string of the molecule is COc1ccc(CNC(CO)CC(C)C)c(OC)c1. The summed E-state index contributed by atoms with van der Waals surface area (Å²) in [6, 6.07) is 5.88. The maximum atomic E-state index is 9.35. The van der Waals surface area contributed by atoms with E-state index >= 15 is 0 Å². The Labute approximate surface area is 115 Å². The van der Waals surface area contributed by atoms with Crippen molar-refractivity contribution in [3.05, 3.63) is 23.8 Å². The Bertz CT molecular complexity index is 380. The summed E-state index contributed by atoms with van der Waals surface area (Å²) < 4.78 is 10.5. The first-order valence-corrected chi connectivity index (χ1v) is 6.65. The largest absolute Gasteiger partial charge is 0.497 e. The number of ether oxygens (including phenoxy) is 2. The van der Waals surface area contributed by atoms with Gasteiger partial charge in [-0.05, 0) is 18.4 Å². The Kier molecular flexibility index (Phi) is 6.67. The zero-order valence-electron chi connectivity index (χ0n) is 12.3. The molecular weight excluding hydrogens is 242 g/mol. The molecule has 108 valence electrons. The van der Waals surface area contributed by atoms with E-state index in [0.717, 1.165) is 23.5 Å². The summed E-state index contributed by atoms with van der Waals surface area (Å²) in [5.41, 5.74) is 1.06. The van der Waals surface area contributed by atoms with Crippen molar-refractivity contribution in [2.75, 3.05) is 20.8 Å². The molecule has 4 nitrogen and oxygen atoms in total. The van der Waals surface area contributed by atoms with Crippen molar-refractivity contribution in [3.63, 3.8) is 0 Å². The highest BCUT2D eigenvalue weighted by Gasteiger charge is 2.11. The topological polar surface area (TPSA) is 50.7 Å². The van der Waals surface area contributed by atoms with Crippen LogP contribution in [-0.4, -0.2) is 32.0 Å². The maximum Gasteiger partial charge on any atom is 0.127 e. The second-order valence-corrected chi connectivity index (χ2v) is 5.07. The summed E-state index contributed by atoms with van der Waals surface area (Å²) in [6.45, 7) is 5.12. The lowest BCUT2D eigenvalue weighted by atomic mass is 10.0. The fourth-order valence-electron chi connectivity index (χ4n) is 2.04. The molecule has 1 unspecified atom stereocenters. The van der Waals surface area contributed by atoms with Crippen LogP contribution in [-0.2, 0) is 6.54 Å². The Morgan fingerprint density at radius 3 is 2.47 bits per heavy atom. The molecule has 0 saturated heterocycles. The molecule has 1 rings (SSSR count). The summed E-state index contributed by atoms with van der Waals surface area (Å²) in [5.74, 6) is 2.14. The Morgan fingerprint density at radius 2 is 1.95 bits per heavy atom. The Morgan fingerprint density at radius 1 is 1.21 bits per heavy atom. The third-order valence-electron chi connectivity index (χ3n) is 3.05. The third kappa shape index (κ3) is 5.09. The number of methoxy groups -OCH3 is 2. The summed E-state index contributed by atoms with van der Waals surface area (Å²) in [5, 5.41) is 12.7. The van der Waals surface area contributed by atoms with Crippen LogP contribution in [0.25, 0.3) is 0 Å². The second kappa shape index (κ2) is 8.02. The molecule has 0 aliphatic carbocycles. The van der Waals surface area contributed by atoms with Gasteiger partial charge in [0.15, 0.2) is 0 Å². The number of benzene rings is 1. The molecule has 4 heteroatoms. The highest BCUT2D eigenvalue weighted by molar-refractivity contribution is 5.40. The molecule has 1 aromatic rings. The number of nitrogens with one attached hydrogen (secondary N) is 1. The van der Waals surface area contributed by atoms with Gasteiger partial charge < -0.3 is 19.9 Å². The van der Waals surface area contributed by atoms with Crippen LogP contribution in [0, 0.1) is 5.92 Å². The van der Waals surface area contributed by atoms with Crippen LogP contribution in [0.3, 0.4) is 0 Å². The van der Waals surface area contributed by atoms with Gasteiger partial charge in [-0.1, -0.05) is 19.9 Å². The minimum atomic E-state index is 0.117. The second-order valence-electron chi connectivity index (χ2n) is 5.07. The molecular formula is C15H25NO3. The monoisotopic (exact) mass is 267 g/mol. The van der Waals surface area contributed by atoms with Crippen molar-refractivity contribution in [3.8, 4) is 11.5 Å². The first kappa shape index (κ1) is 15.8. The molecule has 2 N–H and O–H groups in total. The zero-order valence-corrected chi connectivity index (χ0v) is 12.3. The van der Waals surface area contributed by atoms with Gasteiger partial charge in [0.1, 0.15) is 11.5 Å². The fourth-order valence-corrected chi connectivity index (χ4v) is 2.04. The average molecular weight is 267 g/mol. The summed E-state index contributed by atoms with van der Waals surface area (Å²) in [6.07, 6.45) is 0.953. The number of rotatable bonds is 8. The van der Waals surface area contributed by atoms with Crippen LogP contribution in [0.1, 0.15) is 25.8 Å². The minimum absolute atomic E-state index is 0.117. The zero-order chi connectivity index (χ0) is 14.3. The smallest absolute Gasteiger partial charge is 0.127 e. The molecule has 1 atom stereocenters. The summed E-state index contributed by atoms with van der Waals surface area (Å²) in [7, 11) is 3.28. The van der Waals surface area contributed by atoms with Gasteiger partial charge in [-0.25, -0.2) is 0 Å². The molecule has 1 aromatic carbocycles. The number of aliphatic hydroxyl groups excluding tert-OH is 1. The molecule has 0 bridgehead atoms. The minimum Gasteiger partial charge on any atom is -0.497 e. The summed E-state index contributed by atoms with van der Waals surface area (Å²) in [4.78, 5) is 0.